The molecule has 25 heavy (non-hydrogen) atoms. The van der Waals surface area contributed by atoms with Gasteiger partial charge < -0.3 is 20.2 Å². The Bertz CT molecular complexity index is 581. The summed E-state index contributed by atoms with van der Waals surface area (Å²) in [6.07, 6.45) is 4.47. The van der Waals surface area contributed by atoms with E-state index >= 15 is 0 Å². The van der Waals surface area contributed by atoms with Crippen molar-refractivity contribution >= 4 is 5.91 Å². The molecule has 0 radical (unpaired) electrons. The average Bonchev–Trinajstić information content (AvgIpc) is 2.58. The maximum atomic E-state index is 12.7. The SMILES string of the molecule is C[NH+]1CC[NH+](CC(=O)N[C@]2(C)CCCC[C@@H]2c2ccc(O)cc2)CC1. The van der Waals surface area contributed by atoms with Crippen LogP contribution in [0.25, 0.3) is 0 Å². The normalized spacial score (nSPS) is 33.0. The van der Waals surface area contributed by atoms with Crippen LogP contribution in [0.15, 0.2) is 24.3 Å². The van der Waals surface area contributed by atoms with Gasteiger partial charge >= 0.3 is 0 Å². The van der Waals surface area contributed by atoms with Gasteiger partial charge in [0.1, 0.15) is 31.9 Å². The van der Waals surface area contributed by atoms with Crippen LogP contribution in [0.2, 0.25) is 0 Å². The Morgan fingerprint density at radius 2 is 1.88 bits per heavy atom. The number of amides is 1. The van der Waals surface area contributed by atoms with Gasteiger partial charge in [-0.2, -0.15) is 0 Å². The van der Waals surface area contributed by atoms with Crippen molar-refractivity contribution < 1.29 is 19.7 Å². The van der Waals surface area contributed by atoms with E-state index in [-0.39, 0.29) is 11.4 Å². The van der Waals surface area contributed by atoms with Gasteiger partial charge in [0.05, 0.1) is 7.05 Å². The van der Waals surface area contributed by atoms with Crippen molar-refractivity contribution in [3.8, 4) is 5.75 Å². The zero-order chi connectivity index (χ0) is 17.9. The number of benzene rings is 1. The van der Waals surface area contributed by atoms with Crippen molar-refractivity contribution in [3.05, 3.63) is 29.8 Å². The number of nitrogens with one attached hydrogen (secondary N) is 3. The Morgan fingerprint density at radius 1 is 1.20 bits per heavy atom. The van der Waals surface area contributed by atoms with Gasteiger partial charge in [-0.15, -0.1) is 0 Å². The van der Waals surface area contributed by atoms with Crippen LogP contribution in [0.3, 0.4) is 0 Å². The molecule has 1 saturated heterocycles. The molecule has 138 valence electrons. The summed E-state index contributed by atoms with van der Waals surface area (Å²) in [6.45, 7) is 7.25. The molecule has 5 nitrogen and oxygen atoms in total. The highest BCUT2D eigenvalue weighted by Gasteiger charge is 2.39. The fourth-order valence-corrected chi connectivity index (χ4v) is 4.52. The van der Waals surface area contributed by atoms with E-state index in [4.69, 9.17) is 0 Å². The highest BCUT2D eigenvalue weighted by atomic mass is 16.3. The van der Waals surface area contributed by atoms with Gasteiger partial charge in [-0.25, -0.2) is 0 Å². The zero-order valence-electron chi connectivity index (χ0n) is 15.6. The molecule has 2 atom stereocenters. The van der Waals surface area contributed by atoms with E-state index in [0.717, 1.165) is 45.4 Å². The number of carbonyl (C=O) groups excluding carboxylic acids is 1. The zero-order valence-corrected chi connectivity index (χ0v) is 15.6. The molecule has 3 rings (SSSR count). The molecular weight excluding hydrogens is 314 g/mol. The van der Waals surface area contributed by atoms with Gasteiger partial charge in [-0.05, 0) is 37.5 Å². The Morgan fingerprint density at radius 3 is 2.56 bits per heavy atom. The number of carbonyl (C=O) groups is 1. The molecule has 0 spiro atoms. The van der Waals surface area contributed by atoms with Crippen LogP contribution in [0.4, 0.5) is 0 Å². The maximum Gasteiger partial charge on any atom is 0.275 e. The quantitative estimate of drug-likeness (QED) is 0.584. The van der Waals surface area contributed by atoms with E-state index < -0.39 is 0 Å². The predicted octanol–water partition coefficient (Wildman–Crippen LogP) is -0.662. The first-order chi connectivity index (χ1) is 12.0. The van der Waals surface area contributed by atoms with E-state index in [1.807, 2.05) is 12.1 Å². The van der Waals surface area contributed by atoms with Crippen molar-refractivity contribution in [1.29, 1.82) is 0 Å². The third-order valence-electron chi connectivity index (χ3n) is 6.15. The lowest BCUT2D eigenvalue weighted by Gasteiger charge is -2.42. The second-order valence-electron chi connectivity index (χ2n) is 8.24. The Labute approximate surface area is 151 Å². The molecule has 1 aromatic carbocycles. The number of phenolic OH excluding ortho intramolecular Hbond substituents is 1. The topological polar surface area (TPSA) is 58.2 Å². The van der Waals surface area contributed by atoms with Crippen LogP contribution in [0.1, 0.15) is 44.1 Å². The minimum absolute atomic E-state index is 0.183. The van der Waals surface area contributed by atoms with E-state index in [1.54, 1.807) is 17.0 Å². The van der Waals surface area contributed by atoms with Crippen molar-refractivity contribution in [2.45, 2.75) is 44.1 Å². The molecule has 1 amide bonds. The first kappa shape index (κ1) is 18.2. The number of aromatic hydroxyl groups is 1. The Balaban J connectivity index is 1.65. The van der Waals surface area contributed by atoms with Gasteiger partial charge in [0.15, 0.2) is 6.54 Å². The number of rotatable bonds is 4. The molecule has 1 heterocycles. The molecule has 0 unspecified atom stereocenters. The number of piperazine rings is 1. The third-order valence-corrected chi connectivity index (χ3v) is 6.15. The van der Waals surface area contributed by atoms with Gasteiger partial charge in [0.25, 0.3) is 5.91 Å². The second-order valence-corrected chi connectivity index (χ2v) is 8.24. The molecule has 2 aliphatic rings. The summed E-state index contributed by atoms with van der Waals surface area (Å²) < 4.78 is 0. The van der Waals surface area contributed by atoms with Crippen molar-refractivity contribution in [2.75, 3.05) is 39.8 Å². The molecular formula is C20H33N3O2+2. The highest BCUT2D eigenvalue weighted by molar-refractivity contribution is 5.78. The summed E-state index contributed by atoms with van der Waals surface area (Å²) in [7, 11) is 2.22. The number of hydrogen-bond donors (Lipinski definition) is 4. The van der Waals surface area contributed by atoms with Crippen LogP contribution in [0, 0.1) is 0 Å². The van der Waals surface area contributed by atoms with Crippen LogP contribution in [-0.2, 0) is 4.79 Å². The number of phenols is 1. The maximum absolute atomic E-state index is 12.7. The molecule has 4 N–H and O–H groups in total. The molecule has 1 aromatic rings. The van der Waals surface area contributed by atoms with Crippen molar-refractivity contribution in [2.24, 2.45) is 0 Å². The average molecular weight is 348 g/mol. The molecule has 1 saturated carbocycles. The van der Waals surface area contributed by atoms with Crippen molar-refractivity contribution in [1.82, 2.24) is 5.32 Å². The first-order valence-electron chi connectivity index (χ1n) is 9.71. The summed E-state index contributed by atoms with van der Waals surface area (Å²) >= 11 is 0. The molecule has 2 fully saturated rings. The molecule has 1 aliphatic heterocycles. The van der Waals surface area contributed by atoms with Gasteiger partial charge in [-0.3, -0.25) is 4.79 Å². The fourth-order valence-electron chi connectivity index (χ4n) is 4.52. The second kappa shape index (κ2) is 7.75. The molecule has 0 bridgehead atoms. The summed E-state index contributed by atoms with van der Waals surface area (Å²) in [6, 6.07) is 7.51. The fraction of sp³-hybridized carbons (Fsp3) is 0.650. The number of quaternary nitrogens is 2. The lowest BCUT2D eigenvalue weighted by molar-refractivity contribution is -1.000. The van der Waals surface area contributed by atoms with Crippen LogP contribution < -0.4 is 15.1 Å². The summed E-state index contributed by atoms with van der Waals surface area (Å²) in [4.78, 5) is 15.7. The number of hydrogen-bond acceptors (Lipinski definition) is 2. The number of likely N-dealkylation sites (N-methyl/N-ethyl adjacent to an activating group) is 1. The minimum Gasteiger partial charge on any atom is -0.508 e. The van der Waals surface area contributed by atoms with Crippen LogP contribution >= 0.6 is 0 Å². The first-order valence-corrected chi connectivity index (χ1v) is 9.71. The summed E-state index contributed by atoms with van der Waals surface area (Å²) in [5, 5.41) is 12.9. The largest absolute Gasteiger partial charge is 0.508 e. The van der Waals surface area contributed by atoms with Gasteiger partial charge in [0, 0.05) is 11.5 Å². The third kappa shape index (κ3) is 4.53. The monoisotopic (exact) mass is 347 g/mol. The van der Waals surface area contributed by atoms with Crippen LogP contribution in [-0.4, -0.2) is 56.3 Å². The van der Waals surface area contributed by atoms with E-state index in [0.29, 0.717) is 18.2 Å². The molecule has 0 aromatic heterocycles. The van der Waals surface area contributed by atoms with E-state index in [9.17, 15) is 9.90 Å². The highest BCUT2D eigenvalue weighted by Crippen LogP contribution is 2.41. The molecule has 5 heteroatoms. The van der Waals surface area contributed by atoms with Gasteiger partial charge in [-0.1, -0.05) is 25.0 Å². The van der Waals surface area contributed by atoms with E-state index in [1.165, 1.54) is 16.9 Å². The van der Waals surface area contributed by atoms with Crippen LogP contribution in [0.5, 0.6) is 5.75 Å². The van der Waals surface area contributed by atoms with Gasteiger partial charge in [0.2, 0.25) is 0 Å². The lowest BCUT2D eigenvalue weighted by Crippen LogP contribution is -3.27. The van der Waals surface area contributed by atoms with Crippen molar-refractivity contribution in [3.63, 3.8) is 0 Å². The lowest BCUT2D eigenvalue weighted by atomic mass is 9.70. The Hall–Kier alpha value is -1.59. The smallest absolute Gasteiger partial charge is 0.275 e. The standard InChI is InChI=1S/C20H31N3O2/c1-20(21-19(25)15-23-13-11-22(2)12-14-23)10-4-3-5-18(20)16-6-8-17(24)9-7-16/h6-9,18,24H,3-5,10-15H2,1-2H3,(H,21,25)/p+2/t18-,20-/m1/s1. The minimum atomic E-state index is -0.191. The summed E-state index contributed by atoms with van der Waals surface area (Å²) in [5.74, 6) is 0.798. The molecule has 1 aliphatic carbocycles. The van der Waals surface area contributed by atoms with E-state index in [2.05, 4.69) is 19.3 Å². The summed E-state index contributed by atoms with van der Waals surface area (Å²) in [5.41, 5.74) is 1.03. The Kier molecular flexibility index (Phi) is 5.64. The predicted molar refractivity (Wildman–Crippen MR) is 98.0 cm³/mol.